The molecular formula is C21H27N5O7S. The Balaban J connectivity index is 2.28. The highest BCUT2D eigenvalue weighted by atomic mass is 32.2. The summed E-state index contributed by atoms with van der Waals surface area (Å²) in [5, 5.41) is 35.6. The zero-order chi connectivity index (χ0) is 25.5. The van der Waals surface area contributed by atoms with E-state index >= 15 is 0 Å². The number of oxazole rings is 1. The Kier molecular flexibility index (Phi) is 9.13. The molecule has 0 fully saturated rings. The van der Waals surface area contributed by atoms with Gasteiger partial charge in [0.2, 0.25) is 15.9 Å². The van der Waals surface area contributed by atoms with Crippen LogP contribution in [0.1, 0.15) is 29.4 Å². The number of sulfonamides is 1. The normalized spacial score (nSPS) is 14.8. The van der Waals surface area contributed by atoms with Crippen LogP contribution in [-0.4, -0.2) is 73.0 Å². The van der Waals surface area contributed by atoms with Crippen molar-refractivity contribution in [3.63, 3.8) is 0 Å². The molecule has 2 rings (SSSR count). The monoisotopic (exact) mass is 493 g/mol. The van der Waals surface area contributed by atoms with E-state index in [0.717, 1.165) is 22.4 Å². The van der Waals surface area contributed by atoms with Gasteiger partial charge < -0.3 is 25.3 Å². The first-order valence-corrected chi connectivity index (χ1v) is 12.0. The van der Waals surface area contributed by atoms with Gasteiger partial charge in [-0.15, -0.1) is 0 Å². The van der Waals surface area contributed by atoms with E-state index in [2.05, 4.69) is 15.6 Å². The van der Waals surface area contributed by atoms with Crippen molar-refractivity contribution in [1.29, 1.82) is 5.26 Å². The van der Waals surface area contributed by atoms with Crippen molar-refractivity contribution in [3.8, 4) is 6.07 Å². The number of aromatic nitrogens is 1. The van der Waals surface area contributed by atoms with E-state index in [1.54, 1.807) is 30.3 Å². The number of benzene rings is 1. The zero-order valence-corrected chi connectivity index (χ0v) is 19.7. The average Bonchev–Trinajstić information content (AvgIpc) is 3.27. The van der Waals surface area contributed by atoms with Crippen LogP contribution in [0.3, 0.4) is 0 Å². The molecule has 4 N–H and O–H groups in total. The van der Waals surface area contributed by atoms with E-state index in [9.17, 15) is 28.2 Å². The lowest BCUT2D eigenvalue weighted by atomic mass is 9.93. The molecule has 0 unspecified atom stereocenters. The molecule has 184 valence electrons. The number of carbonyl (C=O) groups excluding carboxylic acids is 2. The van der Waals surface area contributed by atoms with Gasteiger partial charge in [-0.2, -0.15) is 10.2 Å². The summed E-state index contributed by atoms with van der Waals surface area (Å²) < 4.78 is 29.2. The number of amides is 2. The minimum absolute atomic E-state index is 0.0953. The number of anilines is 1. The average molecular weight is 494 g/mol. The molecule has 2 aromatic rings. The highest BCUT2D eigenvalue weighted by Crippen LogP contribution is 2.17. The fourth-order valence-corrected chi connectivity index (χ4v) is 3.48. The predicted octanol–water partition coefficient (Wildman–Crippen LogP) is -0.448. The molecule has 13 heteroatoms. The van der Waals surface area contributed by atoms with Gasteiger partial charge in [-0.1, -0.05) is 30.3 Å². The van der Waals surface area contributed by atoms with Crippen LogP contribution in [0.2, 0.25) is 0 Å². The number of hydrogen-bond donors (Lipinski definition) is 4. The Morgan fingerprint density at radius 3 is 2.35 bits per heavy atom. The summed E-state index contributed by atoms with van der Waals surface area (Å²) in [4.78, 5) is 28.1. The van der Waals surface area contributed by atoms with E-state index in [-0.39, 0.29) is 24.6 Å². The van der Waals surface area contributed by atoms with Crippen LogP contribution < -0.4 is 14.9 Å². The summed E-state index contributed by atoms with van der Waals surface area (Å²) >= 11 is 0. The number of carbonyl (C=O) groups is 2. The molecule has 0 saturated heterocycles. The number of rotatable bonds is 11. The number of hydrogen-bond acceptors (Lipinski definition) is 9. The van der Waals surface area contributed by atoms with Crippen molar-refractivity contribution < 1.29 is 32.6 Å². The topological polar surface area (TPSA) is 186 Å². The first kappa shape index (κ1) is 26.8. The predicted molar refractivity (Wildman–Crippen MR) is 121 cm³/mol. The van der Waals surface area contributed by atoms with Crippen molar-refractivity contribution in [2.24, 2.45) is 0 Å². The third-order valence-electron chi connectivity index (χ3n) is 4.98. The molecule has 34 heavy (non-hydrogen) atoms. The van der Waals surface area contributed by atoms with Gasteiger partial charge in [0.1, 0.15) is 18.5 Å². The van der Waals surface area contributed by atoms with Crippen molar-refractivity contribution in [1.82, 2.24) is 15.6 Å². The highest BCUT2D eigenvalue weighted by Gasteiger charge is 2.34. The molecule has 0 spiro atoms. The Morgan fingerprint density at radius 2 is 1.79 bits per heavy atom. The van der Waals surface area contributed by atoms with Crippen LogP contribution in [0, 0.1) is 11.3 Å². The maximum Gasteiger partial charge on any atom is 0.311 e. The molecule has 0 aliphatic rings. The third kappa shape index (κ3) is 7.27. The summed E-state index contributed by atoms with van der Waals surface area (Å²) in [7, 11) is -2.46. The second-order valence-electron chi connectivity index (χ2n) is 7.67. The van der Waals surface area contributed by atoms with Gasteiger partial charge in [0.25, 0.3) is 5.91 Å². The number of aliphatic hydroxyl groups is 2. The standard InChI is InChI=1S/C21H27N5O7S/c1-13(27)23-15(9-10-22)18(28)19(29)16(11-14-7-5-4-6-8-14)24-20(30)17-12-33-21(25-17)26(2)34(3,31)32/h4-8,12,15-16,18-19,28-29H,9,11H2,1-3H3,(H,23,27)(H,24,30)/t15-,16+,18+,19+/m0/s1. The van der Waals surface area contributed by atoms with Gasteiger partial charge in [0.15, 0.2) is 5.69 Å². The second-order valence-corrected chi connectivity index (χ2v) is 9.68. The van der Waals surface area contributed by atoms with Crippen LogP contribution in [-0.2, 0) is 21.2 Å². The fraction of sp³-hybridized carbons (Fsp3) is 0.429. The van der Waals surface area contributed by atoms with Crippen LogP contribution in [0.4, 0.5) is 6.01 Å². The van der Waals surface area contributed by atoms with Crippen LogP contribution in [0.15, 0.2) is 41.0 Å². The van der Waals surface area contributed by atoms with E-state index < -0.39 is 46.1 Å². The molecular weight excluding hydrogens is 466 g/mol. The van der Waals surface area contributed by atoms with Gasteiger partial charge in [-0.3, -0.25) is 9.59 Å². The summed E-state index contributed by atoms with van der Waals surface area (Å²) in [6.07, 6.45) is -1.44. The molecule has 1 aromatic carbocycles. The first-order chi connectivity index (χ1) is 15.9. The van der Waals surface area contributed by atoms with Crippen molar-refractivity contribution in [3.05, 3.63) is 47.9 Å². The maximum atomic E-state index is 12.8. The summed E-state index contributed by atoms with van der Waals surface area (Å²) in [6.45, 7) is 1.21. The fourth-order valence-electron chi connectivity index (χ4n) is 3.12. The van der Waals surface area contributed by atoms with E-state index in [1.165, 1.54) is 14.0 Å². The minimum atomic E-state index is -3.67. The Morgan fingerprint density at radius 1 is 1.18 bits per heavy atom. The molecule has 1 aromatic heterocycles. The Labute approximate surface area is 197 Å². The van der Waals surface area contributed by atoms with E-state index in [4.69, 9.17) is 9.68 Å². The lowest BCUT2D eigenvalue weighted by molar-refractivity contribution is -0.121. The van der Waals surface area contributed by atoms with Crippen LogP contribution in [0.25, 0.3) is 0 Å². The van der Waals surface area contributed by atoms with Crippen molar-refractivity contribution in [2.75, 3.05) is 17.6 Å². The van der Waals surface area contributed by atoms with Crippen LogP contribution >= 0.6 is 0 Å². The Hall–Kier alpha value is -3.47. The van der Waals surface area contributed by atoms with Crippen LogP contribution in [0.5, 0.6) is 0 Å². The molecule has 0 radical (unpaired) electrons. The van der Waals surface area contributed by atoms with Gasteiger partial charge in [-0.05, 0) is 12.0 Å². The summed E-state index contributed by atoms with van der Waals surface area (Å²) in [6, 6.07) is 8.21. The number of nitrogens with zero attached hydrogens (tertiary/aromatic N) is 3. The molecule has 0 saturated carbocycles. The summed E-state index contributed by atoms with van der Waals surface area (Å²) in [5.74, 6) is -1.29. The largest absolute Gasteiger partial charge is 0.430 e. The number of nitriles is 1. The molecule has 0 bridgehead atoms. The highest BCUT2D eigenvalue weighted by molar-refractivity contribution is 7.92. The van der Waals surface area contributed by atoms with E-state index in [0.29, 0.717) is 0 Å². The van der Waals surface area contributed by atoms with Crippen molar-refractivity contribution in [2.45, 2.75) is 44.1 Å². The SMILES string of the molecule is CC(=O)N[C@@H](CC#N)[C@@H](O)[C@H](O)[C@@H](Cc1ccccc1)NC(=O)c1coc(N(C)S(C)(=O)=O)n1. The second kappa shape index (κ2) is 11.6. The molecule has 12 nitrogen and oxygen atoms in total. The van der Waals surface area contributed by atoms with Gasteiger partial charge >= 0.3 is 6.01 Å². The molecule has 4 atom stereocenters. The Bertz CT molecular complexity index is 1130. The maximum absolute atomic E-state index is 12.8. The van der Waals surface area contributed by atoms with Gasteiger partial charge in [0.05, 0.1) is 30.8 Å². The third-order valence-corrected chi connectivity index (χ3v) is 6.13. The molecule has 0 aliphatic carbocycles. The van der Waals surface area contributed by atoms with Gasteiger partial charge in [-0.25, -0.2) is 12.7 Å². The first-order valence-electron chi connectivity index (χ1n) is 10.2. The van der Waals surface area contributed by atoms with Crippen molar-refractivity contribution >= 4 is 27.9 Å². The van der Waals surface area contributed by atoms with Gasteiger partial charge in [0, 0.05) is 14.0 Å². The molecule has 1 heterocycles. The number of aliphatic hydroxyl groups excluding tert-OH is 2. The lowest BCUT2D eigenvalue weighted by Gasteiger charge is -2.31. The lowest BCUT2D eigenvalue weighted by Crippen LogP contribution is -2.56. The quantitative estimate of drug-likeness (QED) is 0.322. The molecule has 0 aliphatic heterocycles. The summed E-state index contributed by atoms with van der Waals surface area (Å²) in [5.41, 5.74) is 0.480. The minimum Gasteiger partial charge on any atom is -0.430 e. The van der Waals surface area contributed by atoms with E-state index in [1.807, 2.05) is 6.07 Å². The zero-order valence-electron chi connectivity index (χ0n) is 18.9. The number of nitrogens with one attached hydrogen (secondary N) is 2. The molecule has 2 amide bonds. The smallest absolute Gasteiger partial charge is 0.311 e.